The minimum atomic E-state index is -4.17. The van der Waals surface area contributed by atoms with Crippen LogP contribution >= 0.6 is 0 Å². The van der Waals surface area contributed by atoms with Crippen LogP contribution in [0, 0.1) is 5.82 Å². The number of esters is 1. The van der Waals surface area contributed by atoms with Crippen molar-refractivity contribution in [3.63, 3.8) is 0 Å². The summed E-state index contributed by atoms with van der Waals surface area (Å²) in [4.78, 5) is 26.1. The Bertz CT molecular complexity index is 1310. The van der Waals surface area contributed by atoms with E-state index in [2.05, 4.69) is 5.32 Å². The van der Waals surface area contributed by atoms with Crippen LogP contribution in [0.15, 0.2) is 77.7 Å². The molecule has 3 aromatic carbocycles. The van der Waals surface area contributed by atoms with E-state index in [1.54, 1.807) is 43.3 Å². The third kappa shape index (κ3) is 8.02. The van der Waals surface area contributed by atoms with Gasteiger partial charge in [-0.15, -0.1) is 0 Å². The predicted octanol–water partition coefficient (Wildman–Crippen LogP) is 4.45. The van der Waals surface area contributed by atoms with Gasteiger partial charge in [-0.3, -0.25) is 0 Å². The number of methoxy groups -OCH3 is 1. The largest absolute Gasteiger partial charge is 0.462 e. The van der Waals surface area contributed by atoms with Gasteiger partial charge < -0.3 is 23.9 Å². The average molecular weight is 531 g/mol. The summed E-state index contributed by atoms with van der Waals surface area (Å²) in [5, 5.41) is 2.77. The zero-order chi connectivity index (χ0) is 26.8. The Labute approximate surface area is 214 Å². The van der Waals surface area contributed by atoms with Crippen molar-refractivity contribution in [3.8, 4) is 5.75 Å². The molecule has 0 bridgehead atoms. The first-order chi connectivity index (χ1) is 17.7. The maximum atomic E-state index is 13.1. The molecule has 0 heterocycles. The van der Waals surface area contributed by atoms with E-state index in [4.69, 9.17) is 13.7 Å². The summed E-state index contributed by atoms with van der Waals surface area (Å²) < 4.78 is 53.5. The first-order valence-electron chi connectivity index (χ1n) is 11.3. The molecule has 9 nitrogen and oxygen atoms in total. The van der Waals surface area contributed by atoms with Gasteiger partial charge in [0.2, 0.25) is 0 Å². The smallest absolute Gasteiger partial charge is 0.339 e. The fraction of sp³-hybridized carbons (Fsp3) is 0.231. The van der Waals surface area contributed by atoms with E-state index in [1.807, 2.05) is 0 Å². The summed E-state index contributed by atoms with van der Waals surface area (Å²) in [7, 11) is -2.66. The fourth-order valence-electron chi connectivity index (χ4n) is 3.25. The second-order valence-corrected chi connectivity index (χ2v) is 9.33. The quantitative estimate of drug-likeness (QED) is 0.288. The van der Waals surface area contributed by atoms with E-state index in [9.17, 15) is 22.4 Å². The minimum absolute atomic E-state index is 0.0449. The lowest BCUT2D eigenvalue weighted by atomic mass is 10.2. The second kappa shape index (κ2) is 12.8. The Morgan fingerprint density at radius 2 is 1.70 bits per heavy atom. The molecule has 0 atom stereocenters. The fourth-order valence-corrected chi connectivity index (χ4v) is 4.18. The van der Waals surface area contributed by atoms with Crippen LogP contribution in [0.2, 0.25) is 0 Å². The van der Waals surface area contributed by atoms with E-state index in [0.717, 1.165) is 24.3 Å². The van der Waals surface area contributed by atoms with E-state index in [1.165, 1.54) is 24.1 Å². The molecule has 0 fully saturated rings. The van der Waals surface area contributed by atoms with Crippen LogP contribution in [-0.4, -0.2) is 52.2 Å². The second-order valence-electron chi connectivity index (χ2n) is 7.78. The number of hydrogen-bond donors (Lipinski definition) is 1. The molecule has 0 aliphatic carbocycles. The van der Waals surface area contributed by atoms with Gasteiger partial charge in [0.25, 0.3) is 0 Å². The van der Waals surface area contributed by atoms with E-state index < -0.39 is 27.9 Å². The van der Waals surface area contributed by atoms with Crippen LogP contribution < -0.4 is 9.50 Å². The summed E-state index contributed by atoms with van der Waals surface area (Å²) in [5.74, 6) is -0.973. The highest BCUT2D eigenvalue weighted by Crippen LogP contribution is 2.21. The van der Waals surface area contributed by atoms with Gasteiger partial charge in [-0.05, 0) is 73.2 Å². The number of benzene rings is 3. The third-order valence-electron chi connectivity index (χ3n) is 5.08. The Kier molecular flexibility index (Phi) is 9.58. The van der Waals surface area contributed by atoms with Gasteiger partial charge in [-0.1, -0.05) is 12.1 Å². The lowest BCUT2D eigenvalue weighted by Crippen LogP contribution is -2.36. The number of anilines is 1. The number of carbonyl (C=O) groups is 2. The molecule has 3 rings (SSSR count). The van der Waals surface area contributed by atoms with Crippen molar-refractivity contribution < 1.29 is 36.1 Å². The molecule has 0 unspecified atom stereocenters. The maximum absolute atomic E-state index is 13.1. The molecule has 1 N–H and O–H groups in total. The van der Waals surface area contributed by atoms with Gasteiger partial charge in [0.05, 0.1) is 18.8 Å². The summed E-state index contributed by atoms with van der Waals surface area (Å²) in [6, 6.07) is 16.4. The molecule has 37 heavy (non-hydrogen) atoms. The standard InChI is InChI=1S/C26H27FN2O7S/c1-3-35-25(30)20-7-11-22(12-8-20)28-26(31)29(15-16-34-2)18-19-5-4-6-23(17-19)36-37(32,33)24-13-9-21(27)10-14-24/h4-14,17H,3,15-16,18H2,1-2H3,(H,28,31). The van der Waals surface area contributed by atoms with Gasteiger partial charge in [0.15, 0.2) is 0 Å². The molecule has 11 heteroatoms. The number of halogens is 1. The minimum Gasteiger partial charge on any atom is -0.462 e. The van der Waals surface area contributed by atoms with Crippen LogP contribution in [0.5, 0.6) is 5.75 Å². The van der Waals surface area contributed by atoms with E-state index >= 15 is 0 Å². The predicted molar refractivity (Wildman–Crippen MR) is 134 cm³/mol. The molecule has 0 aliphatic rings. The van der Waals surface area contributed by atoms with Gasteiger partial charge in [-0.2, -0.15) is 8.42 Å². The van der Waals surface area contributed by atoms with Crippen LogP contribution in [0.4, 0.5) is 14.9 Å². The average Bonchev–Trinajstić information content (AvgIpc) is 2.87. The number of urea groups is 1. The highest BCUT2D eigenvalue weighted by Gasteiger charge is 2.19. The van der Waals surface area contributed by atoms with Crippen molar-refractivity contribution in [1.82, 2.24) is 4.90 Å². The van der Waals surface area contributed by atoms with Crippen molar-refractivity contribution in [2.45, 2.75) is 18.4 Å². The summed E-state index contributed by atoms with van der Waals surface area (Å²) in [6.07, 6.45) is 0. The van der Waals surface area contributed by atoms with Gasteiger partial charge in [-0.25, -0.2) is 14.0 Å². The normalized spacial score (nSPS) is 11.0. The van der Waals surface area contributed by atoms with Gasteiger partial charge >= 0.3 is 22.1 Å². The third-order valence-corrected chi connectivity index (χ3v) is 6.34. The van der Waals surface area contributed by atoms with Crippen molar-refractivity contribution in [2.24, 2.45) is 0 Å². The Hall–Kier alpha value is -3.96. The summed E-state index contributed by atoms with van der Waals surface area (Å²) in [5.41, 5.74) is 1.45. The van der Waals surface area contributed by atoms with E-state index in [-0.39, 0.29) is 36.9 Å². The zero-order valence-electron chi connectivity index (χ0n) is 20.3. The molecule has 0 aromatic heterocycles. The van der Waals surface area contributed by atoms with Gasteiger partial charge in [0.1, 0.15) is 16.5 Å². The zero-order valence-corrected chi connectivity index (χ0v) is 21.2. The molecule has 196 valence electrons. The molecule has 0 aliphatic heterocycles. The summed E-state index contributed by atoms with van der Waals surface area (Å²) >= 11 is 0. The van der Waals surface area contributed by atoms with Crippen molar-refractivity contribution in [2.75, 3.05) is 32.2 Å². The Balaban J connectivity index is 1.71. The number of hydrogen-bond acceptors (Lipinski definition) is 7. The molecule has 0 saturated carbocycles. The number of ether oxygens (including phenoxy) is 2. The molecule has 3 aromatic rings. The maximum Gasteiger partial charge on any atom is 0.339 e. The lowest BCUT2D eigenvalue weighted by Gasteiger charge is -2.23. The van der Waals surface area contributed by atoms with Crippen molar-refractivity contribution >= 4 is 27.8 Å². The molecule has 0 radical (unpaired) electrons. The van der Waals surface area contributed by atoms with Crippen LogP contribution in [0.1, 0.15) is 22.8 Å². The molecule has 0 saturated heterocycles. The number of nitrogens with one attached hydrogen (secondary N) is 1. The van der Waals surface area contributed by atoms with Crippen molar-refractivity contribution in [3.05, 3.63) is 89.7 Å². The first kappa shape index (κ1) is 27.6. The molecule has 2 amide bonds. The lowest BCUT2D eigenvalue weighted by molar-refractivity contribution is 0.0526. The van der Waals surface area contributed by atoms with Crippen LogP contribution in [0.25, 0.3) is 0 Å². The Morgan fingerprint density at radius 1 is 1.00 bits per heavy atom. The number of amides is 2. The van der Waals surface area contributed by atoms with Gasteiger partial charge in [0, 0.05) is 25.9 Å². The van der Waals surface area contributed by atoms with Crippen LogP contribution in [-0.2, 0) is 26.1 Å². The summed E-state index contributed by atoms with van der Waals surface area (Å²) in [6.45, 7) is 2.63. The number of rotatable bonds is 11. The topological polar surface area (TPSA) is 111 Å². The molecular weight excluding hydrogens is 503 g/mol. The monoisotopic (exact) mass is 530 g/mol. The number of nitrogens with zero attached hydrogens (tertiary/aromatic N) is 1. The van der Waals surface area contributed by atoms with E-state index in [0.29, 0.717) is 16.8 Å². The highest BCUT2D eigenvalue weighted by atomic mass is 32.2. The first-order valence-corrected chi connectivity index (χ1v) is 12.7. The SMILES string of the molecule is CCOC(=O)c1ccc(NC(=O)N(CCOC)Cc2cccc(OS(=O)(=O)c3ccc(F)cc3)c2)cc1. The van der Waals surface area contributed by atoms with Crippen molar-refractivity contribution in [1.29, 1.82) is 0 Å². The highest BCUT2D eigenvalue weighted by molar-refractivity contribution is 7.87. The Morgan fingerprint density at radius 3 is 2.35 bits per heavy atom. The number of carbonyl (C=O) groups excluding carboxylic acids is 2. The molecule has 0 spiro atoms. The van der Waals surface area contributed by atoms with Crippen LogP contribution in [0.3, 0.4) is 0 Å². The molecular formula is C26H27FN2O7S.